The van der Waals surface area contributed by atoms with Gasteiger partial charge in [0.1, 0.15) is 5.75 Å². The molecule has 0 saturated heterocycles. The Balaban J connectivity index is 2.26. The lowest BCUT2D eigenvalue weighted by molar-refractivity contribution is -0.120. The predicted molar refractivity (Wildman–Crippen MR) is 81.8 cm³/mol. The number of rotatable bonds is 9. The van der Waals surface area contributed by atoms with E-state index in [1.54, 1.807) is 0 Å². The second-order valence-corrected chi connectivity index (χ2v) is 5.09. The Bertz CT molecular complexity index is 405. The maximum Gasteiger partial charge on any atom is 0.221 e. The predicted octanol–water partition coefficient (Wildman–Crippen LogP) is 2.48. The Labute approximate surface area is 121 Å². The van der Waals surface area contributed by atoms with Crippen molar-refractivity contribution in [3.63, 3.8) is 0 Å². The number of hydrogen-bond donors (Lipinski definition) is 2. The molecule has 20 heavy (non-hydrogen) atoms. The maximum atomic E-state index is 11.4. The first-order valence-corrected chi connectivity index (χ1v) is 7.34. The molecule has 1 amide bonds. The molecule has 0 heterocycles. The van der Waals surface area contributed by atoms with Gasteiger partial charge in [-0.3, -0.25) is 4.79 Å². The lowest BCUT2D eigenvalue weighted by atomic mass is 10.2. The molecular formula is C16H26N2O2. The first-order valence-electron chi connectivity index (χ1n) is 7.34. The molecule has 2 N–H and O–H groups in total. The third-order valence-corrected chi connectivity index (χ3v) is 2.70. The van der Waals surface area contributed by atoms with Crippen LogP contribution >= 0.6 is 0 Å². The Kier molecular flexibility index (Phi) is 7.73. The molecule has 0 aromatic heterocycles. The fraction of sp³-hybridized carbons (Fsp3) is 0.562. The highest BCUT2D eigenvalue weighted by Gasteiger charge is 2.01. The minimum Gasteiger partial charge on any atom is -0.491 e. The third kappa shape index (κ3) is 7.14. The van der Waals surface area contributed by atoms with E-state index in [1.165, 1.54) is 0 Å². The van der Waals surface area contributed by atoms with Gasteiger partial charge in [-0.2, -0.15) is 0 Å². The van der Waals surface area contributed by atoms with Crippen LogP contribution in [0, 0.1) is 0 Å². The first-order chi connectivity index (χ1) is 9.61. The number of amides is 1. The molecule has 112 valence electrons. The van der Waals surface area contributed by atoms with Crippen LogP contribution in [-0.4, -0.2) is 25.1 Å². The smallest absolute Gasteiger partial charge is 0.221 e. The molecule has 0 atom stereocenters. The topological polar surface area (TPSA) is 50.4 Å². The van der Waals surface area contributed by atoms with E-state index >= 15 is 0 Å². The van der Waals surface area contributed by atoms with E-state index in [4.69, 9.17) is 4.74 Å². The summed E-state index contributed by atoms with van der Waals surface area (Å²) >= 11 is 0. The van der Waals surface area contributed by atoms with Gasteiger partial charge in [0.25, 0.3) is 0 Å². The number of nitrogens with one attached hydrogen (secondary N) is 2. The average molecular weight is 278 g/mol. The van der Waals surface area contributed by atoms with Crippen molar-refractivity contribution in [3.8, 4) is 5.75 Å². The molecule has 0 aliphatic heterocycles. The molecule has 1 aromatic rings. The SMILES string of the molecule is CCCNC(=O)CCNCc1cccc(OC(C)C)c1. The molecule has 0 saturated carbocycles. The summed E-state index contributed by atoms with van der Waals surface area (Å²) in [6.45, 7) is 8.26. The number of hydrogen-bond acceptors (Lipinski definition) is 3. The highest BCUT2D eigenvalue weighted by Crippen LogP contribution is 2.14. The van der Waals surface area contributed by atoms with Crippen LogP contribution < -0.4 is 15.4 Å². The summed E-state index contributed by atoms with van der Waals surface area (Å²) in [5.41, 5.74) is 1.16. The van der Waals surface area contributed by atoms with Crippen LogP contribution in [0.4, 0.5) is 0 Å². The van der Waals surface area contributed by atoms with Crippen LogP contribution in [-0.2, 0) is 11.3 Å². The van der Waals surface area contributed by atoms with Gasteiger partial charge in [-0.05, 0) is 38.0 Å². The summed E-state index contributed by atoms with van der Waals surface area (Å²) in [6.07, 6.45) is 1.67. The first kappa shape index (κ1) is 16.5. The van der Waals surface area contributed by atoms with E-state index in [0.717, 1.165) is 30.8 Å². The van der Waals surface area contributed by atoms with Crippen molar-refractivity contribution in [2.45, 2.75) is 46.3 Å². The summed E-state index contributed by atoms with van der Waals surface area (Å²) in [5, 5.41) is 6.14. The van der Waals surface area contributed by atoms with Gasteiger partial charge >= 0.3 is 0 Å². The van der Waals surface area contributed by atoms with E-state index < -0.39 is 0 Å². The molecule has 0 unspecified atom stereocenters. The Morgan fingerprint density at radius 2 is 2.10 bits per heavy atom. The molecule has 0 radical (unpaired) electrons. The van der Waals surface area contributed by atoms with Crippen LogP contribution in [0.2, 0.25) is 0 Å². The number of ether oxygens (including phenoxy) is 1. The van der Waals surface area contributed by atoms with Crippen molar-refractivity contribution >= 4 is 5.91 Å². The van der Waals surface area contributed by atoms with E-state index in [2.05, 4.69) is 16.7 Å². The summed E-state index contributed by atoms with van der Waals surface area (Å²) < 4.78 is 5.65. The third-order valence-electron chi connectivity index (χ3n) is 2.70. The molecule has 0 fully saturated rings. The molecule has 0 aliphatic carbocycles. The molecule has 0 aliphatic rings. The van der Waals surface area contributed by atoms with Gasteiger partial charge in [-0.25, -0.2) is 0 Å². The fourth-order valence-electron chi connectivity index (χ4n) is 1.79. The van der Waals surface area contributed by atoms with Gasteiger partial charge in [-0.1, -0.05) is 19.1 Å². The van der Waals surface area contributed by atoms with Crippen LogP contribution in [0.1, 0.15) is 39.2 Å². The van der Waals surface area contributed by atoms with Crippen LogP contribution in [0.3, 0.4) is 0 Å². The summed E-state index contributed by atoms with van der Waals surface area (Å²) in [4.78, 5) is 11.4. The molecule has 1 rings (SSSR count). The van der Waals surface area contributed by atoms with Crippen molar-refractivity contribution in [1.29, 1.82) is 0 Å². The van der Waals surface area contributed by atoms with Crippen LogP contribution in [0.5, 0.6) is 5.75 Å². The van der Waals surface area contributed by atoms with E-state index in [0.29, 0.717) is 13.0 Å². The lowest BCUT2D eigenvalue weighted by Crippen LogP contribution is -2.28. The highest BCUT2D eigenvalue weighted by molar-refractivity contribution is 5.75. The normalized spacial score (nSPS) is 10.6. The minimum atomic E-state index is 0.108. The summed E-state index contributed by atoms with van der Waals surface area (Å²) in [5.74, 6) is 0.997. The number of carbonyl (C=O) groups is 1. The minimum absolute atomic E-state index is 0.108. The van der Waals surface area contributed by atoms with Gasteiger partial charge in [-0.15, -0.1) is 0 Å². The van der Waals surface area contributed by atoms with Crippen molar-refractivity contribution in [2.75, 3.05) is 13.1 Å². The zero-order valence-electron chi connectivity index (χ0n) is 12.7. The Morgan fingerprint density at radius 1 is 1.30 bits per heavy atom. The molecule has 4 nitrogen and oxygen atoms in total. The van der Waals surface area contributed by atoms with Crippen molar-refractivity contribution in [1.82, 2.24) is 10.6 Å². The van der Waals surface area contributed by atoms with E-state index in [1.807, 2.05) is 39.0 Å². The largest absolute Gasteiger partial charge is 0.491 e. The highest BCUT2D eigenvalue weighted by atomic mass is 16.5. The Hall–Kier alpha value is -1.55. The standard InChI is InChI=1S/C16H26N2O2/c1-4-9-18-16(19)8-10-17-12-14-6-5-7-15(11-14)20-13(2)3/h5-7,11,13,17H,4,8-10,12H2,1-3H3,(H,18,19). The summed E-state index contributed by atoms with van der Waals surface area (Å²) in [7, 11) is 0. The zero-order valence-corrected chi connectivity index (χ0v) is 12.7. The monoisotopic (exact) mass is 278 g/mol. The van der Waals surface area contributed by atoms with E-state index in [9.17, 15) is 4.79 Å². The molecule has 0 bridgehead atoms. The number of benzene rings is 1. The van der Waals surface area contributed by atoms with Gasteiger partial charge < -0.3 is 15.4 Å². The second-order valence-electron chi connectivity index (χ2n) is 5.09. The van der Waals surface area contributed by atoms with E-state index in [-0.39, 0.29) is 12.0 Å². The molecular weight excluding hydrogens is 252 g/mol. The molecule has 4 heteroatoms. The molecule has 1 aromatic carbocycles. The van der Waals surface area contributed by atoms with Crippen LogP contribution in [0.15, 0.2) is 24.3 Å². The average Bonchev–Trinajstić information content (AvgIpc) is 2.41. The van der Waals surface area contributed by atoms with Gasteiger partial charge in [0, 0.05) is 26.1 Å². The summed E-state index contributed by atoms with van der Waals surface area (Å²) in [6, 6.07) is 8.03. The van der Waals surface area contributed by atoms with Gasteiger partial charge in [0.05, 0.1) is 6.10 Å². The Morgan fingerprint density at radius 3 is 2.80 bits per heavy atom. The van der Waals surface area contributed by atoms with Gasteiger partial charge in [0.2, 0.25) is 5.91 Å². The molecule has 0 spiro atoms. The second kappa shape index (κ2) is 9.37. The van der Waals surface area contributed by atoms with Crippen molar-refractivity contribution in [2.24, 2.45) is 0 Å². The van der Waals surface area contributed by atoms with Crippen LogP contribution in [0.25, 0.3) is 0 Å². The lowest BCUT2D eigenvalue weighted by Gasteiger charge is -2.11. The van der Waals surface area contributed by atoms with Crippen molar-refractivity contribution in [3.05, 3.63) is 29.8 Å². The quantitative estimate of drug-likeness (QED) is 0.682. The number of carbonyl (C=O) groups excluding carboxylic acids is 1. The fourth-order valence-corrected chi connectivity index (χ4v) is 1.79. The van der Waals surface area contributed by atoms with Crippen molar-refractivity contribution < 1.29 is 9.53 Å². The zero-order chi connectivity index (χ0) is 14.8. The maximum absolute atomic E-state index is 11.4. The van der Waals surface area contributed by atoms with Gasteiger partial charge in [0.15, 0.2) is 0 Å².